The summed E-state index contributed by atoms with van der Waals surface area (Å²) in [5.74, 6) is 1.76. The van der Waals surface area contributed by atoms with Gasteiger partial charge in [-0.05, 0) is 36.2 Å². The van der Waals surface area contributed by atoms with E-state index in [2.05, 4.69) is 10.2 Å². The van der Waals surface area contributed by atoms with Gasteiger partial charge in [0.2, 0.25) is 17.6 Å². The summed E-state index contributed by atoms with van der Waals surface area (Å²) in [4.78, 5) is 28.9. The number of aryl methyl sites for hydroxylation is 1. The molecule has 2 aromatic rings. The fraction of sp³-hybridized carbons (Fsp3) is 0.417. The van der Waals surface area contributed by atoms with E-state index in [9.17, 15) is 9.59 Å². The van der Waals surface area contributed by atoms with Crippen molar-refractivity contribution in [3.05, 3.63) is 48.0 Å². The Morgan fingerprint density at radius 3 is 2.09 bits per heavy atom. The normalized spacial score (nSPS) is 14.0. The molecule has 1 saturated heterocycles. The number of hydrogen-bond acceptors (Lipinski definition) is 6. The third-order valence-corrected chi connectivity index (χ3v) is 5.50. The molecule has 0 spiro atoms. The summed E-state index contributed by atoms with van der Waals surface area (Å²) < 4.78 is 16.1. The molecule has 0 radical (unpaired) electrons. The highest BCUT2D eigenvalue weighted by Gasteiger charge is 2.22. The first-order chi connectivity index (χ1) is 15.5. The lowest BCUT2D eigenvalue weighted by Crippen LogP contribution is -2.50. The number of carbonyl (C=O) groups excluding carboxylic acids is 2. The minimum Gasteiger partial charge on any atom is -0.493 e. The average Bonchev–Trinajstić information content (AvgIpc) is 2.82. The van der Waals surface area contributed by atoms with E-state index in [0.29, 0.717) is 62.8 Å². The van der Waals surface area contributed by atoms with Crippen LogP contribution in [0.5, 0.6) is 17.2 Å². The summed E-state index contributed by atoms with van der Waals surface area (Å²) in [5.41, 5.74) is 1.74. The first kappa shape index (κ1) is 23.4. The second kappa shape index (κ2) is 11.4. The van der Waals surface area contributed by atoms with Crippen LogP contribution in [0, 0.1) is 0 Å². The Bertz CT molecular complexity index is 886. The predicted molar refractivity (Wildman–Crippen MR) is 123 cm³/mol. The minimum atomic E-state index is -0.0432. The van der Waals surface area contributed by atoms with E-state index in [1.807, 2.05) is 47.4 Å². The van der Waals surface area contributed by atoms with E-state index in [4.69, 9.17) is 14.2 Å². The van der Waals surface area contributed by atoms with Crippen LogP contribution < -0.4 is 19.5 Å². The smallest absolute Gasteiger partial charge is 0.238 e. The van der Waals surface area contributed by atoms with Crippen LogP contribution in [0.25, 0.3) is 0 Å². The second-order valence-electron chi connectivity index (χ2n) is 7.60. The Labute approximate surface area is 189 Å². The highest BCUT2D eigenvalue weighted by atomic mass is 16.5. The van der Waals surface area contributed by atoms with E-state index in [1.165, 1.54) is 0 Å². The third-order valence-electron chi connectivity index (χ3n) is 5.50. The molecule has 0 unspecified atom stereocenters. The molecule has 3 rings (SSSR count). The van der Waals surface area contributed by atoms with Crippen molar-refractivity contribution < 1.29 is 23.8 Å². The van der Waals surface area contributed by atoms with Crippen molar-refractivity contribution in [3.8, 4) is 17.2 Å². The number of amides is 2. The molecule has 172 valence electrons. The maximum Gasteiger partial charge on any atom is 0.238 e. The van der Waals surface area contributed by atoms with Gasteiger partial charge in [0.05, 0.1) is 27.9 Å². The summed E-state index contributed by atoms with van der Waals surface area (Å²) in [6, 6.07) is 13.2. The van der Waals surface area contributed by atoms with Gasteiger partial charge in [0, 0.05) is 38.3 Å². The standard InChI is InChI=1S/C24H31N3O5/c1-30-20-15-18(16-21(31-2)24(20)32-3)9-10-23(29)27-13-11-26(12-14-27)17-22(28)25-19-7-5-4-6-8-19/h4-8,15-16H,9-14,17H2,1-3H3,(H,25,28). The molecule has 8 heteroatoms. The molecule has 32 heavy (non-hydrogen) atoms. The molecule has 2 amide bonds. The van der Waals surface area contributed by atoms with E-state index in [1.54, 1.807) is 21.3 Å². The predicted octanol–water partition coefficient (Wildman–Crippen LogP) is 2.43. The number of rotatable bonds is 9. The highest BCUT2D eigenvalue weighted by molar-refractivity contribution is 5.92. The topological polar surface area (TPSA) is 80.3 Å². The van der Waals surface area contributed by atoms with Crippen molar-refractivity contribution >= 4 is 17.5 Å². The summed E-state index contributed by atoms with van der Waals surface area (Å²) in [7, 11) is 4.71. The van der Waals surface area contributed by atoms with Gasteiger partial charge in [-0.1, -0.05) is 18.2 Å². The fourth-order valence-corrected chi connectivity index (χ4v) is 3.77. The SMILES string of the molecule is COc1cc(CCC(=O)N2CCN(CC(=O)Nc3ccccc3)CC2)cc(OC)c1OC. The maximum atomic E-state index is 12.7. The lowest BCUT2D eigenvalue weighted by atomic mass is 10.1. The number of methoxy groups -OCH3 is 3. The van der Waals surface area contributed by atoms with Crippen LogP contribution in [0.4, 0.5) is 5.69 Å². The quantitative estimate of drug-likeness (QED) is 0.644. The maximum absolute atomic E-state index is 12.7. The van der Waals surface area contributed by atoms with Crippen molar-refractivity contribution in [1.29, 1.82) is 0 Å². The van der Waals surface area contributed by atoms with Crippen molar-refractivity contribution in [2.75, 3.05) is 59.4 Å². The van der Waals surface area contributed by atoms with Gasteiger partial charge < -0.3 is 24.4 Å². The van der Waals surface area contributed by atoms with Crippen LogP contribution in [0.1, 0.15) is 12.0 Å². The van der Waals surface area contributed by atoms with Gasteiger partial charge in [-0.2, -0.15) is 0 Å². The Morgan fingerprint density at radius 2 is 1.53 bits per heavy atom. The van der Waals surface area contributed by atoms with Crippen molar-refractivity contribution in [1.82, 2.24) is 9.80 Å². The molecule has 0 atom stereocenters. The summed E-state index contributed by atoms with van der Waals surface area (Å²) in [5, 5.41) is 2.90. The number of hydrogen-bond donors (Lipinski definition) is 1. The van der Waals surface area contributed by atoms with Gasteiger partial charge in [0.1, 0.15) is 0 Å². The monoisotopic (exact) mass is 441 g/mol. The van der Waals surface area contributed by atoms with Crippen LogP contribution in [0.3, 0.4) is 0 Å². The number of nitrogens with zero attached hydrogens (tertiary/aromatic N) is 2. The Hall–Kier alpha value is -3.26. The van der Waals surface area contributed by atoms with Gasteiger partial charge in [0.15, 0.2) is 11.5 Å². The number of piperazine rings is 1. The van der Waals surface area contributed by atoms with E-state index in [-0.39, 0.29) is 11.8 Å². The van der Waals surface area contributed by atoms with Gasteiger partial charge >= 0.3 is 0 Å². The number of ether oxygens (including phenoxy) is 3. The Kier molecular flexibility index (Phi) is 8.33. The van der Waals surface area contributed by atoms with Crippen LogP contribution in [-0.2, 0) is 16.0 Å². The Balaban J connectivity index is 1.46. The first-order valence-electron chi connectivity index (χ1n) is 10.7. The number of carbonyl (C=O) groups is 2. The molecule has 1 aliphatic heterocycles. The van der Waals surface area contributed by atoms with Crippen molar-refractivity contribution in [3.63, 3.8) is 0 Å². The van der Waals surface area contributed by atoms with E-state index >= 15 is 0 Å². The van der Waals surface area contributed by atoms with E-state index in [0.717, 1.165) is 11.3 Å². The first-order valence-corrected chi connectivity index (χ1v) is 10.7. The molecular weight excluding hydrogens is 410 g/mol. The average molecular weight is 442 g/mol. The minimum absolute atomic E-state index is 0.0432. The summed E-state index contributed by atoms with van der Waals surface area (Å²) in [6.45, 7) is 2.91. The molecule has 2 aromatic carbocycles. The molecule has 1 fully saturated rings. The number of nitrogens with one attached hydrogen (secondary N) is 1. The van der Waals surface area contributed by atoms with Crippen molar-refractivity contribution in [2.45, 2.75) is 12.8 Å². The molecule has 1 N–H and O–H groups in total. The molecule has 0 bridgehead atoms. The number of benzene rings is 2. The molecule has 1 aliphatic rings. The van der Waals surface area contributed by atoms with Crippen LogP contribution in [0.2, 0.25) is 0 Å². The summed E-state index contributed by atoms with van der Waals surface area (Å²) in [6.07, 6.45) is 0.975. The Morgan fingerprint density at radius 1 is 0.906 bits per heavy atom. The zero-order chi connectivity index (χ0) is 22.9. The fourth-order valence-electron chi connectivity index (χ4n) is 3.77. The van der Waals surface area contributed by atoms with Gasteiger partial charge in [-0.3, -0.25) is 14.5 Å². The van der Waals surface area contributed by atoms with Gasteiger partial charge in [-0.15, -0.1) is 0 Å². The highest BCUT2D eigenvalue weighted by Crippen LogP contribution is 2.38. The zero-order valence-corrected chi connectivity index (χ0v) is 18.9. The van der Waals surface area contributed by atoms with Crippen molar-refractivity contribution in [2.24, 2.45) is 0 Å². The number of anilines is 1. The summed E-state index contributed by atoms with van der Waals surface area (Å²) >= 11 is 0. The molecule has 0 aliphatic carbocycles. The molecule has 1 heterocycles. The molecular formula is C24H31N3O5. The molecule has 0 saturated carbocycles. The zero-order valence-electron chi connectivity index (χ0n) is 18.9. The lowest BCUT2D eigenvalue weighted by molar-refractivity contribution is -0.133. The van der Waals surface area contributed by atoms with Crippen LogP contribution in [-0.4, -0.2) is 75.7 Å². The largest absolute Gasteiger partial charge is 0.493 e. The van der Waals surface area contributed by atoms with Gasteiger partial charge in [0.25, 0.3) is 0 Å². The molecule has 0 aromatic heterocycles. The van der Waals surface area contributed by atoms with E-state index < -0.39 is 0 Å². The van der Waals surface area contributed by atoms with Crippen LogP contribution >= 0.6 is 0 Å². The van der Waals surface area contributed by atoms with Gasteiger partial charge in [-0.25, -0.2) is 0 Å². The second-order valence-corrected chi connectivity index (χ2v) is 7.60. The third kappa shape index (κ3) is 6.13. The lowest BCUT2D eigenvalue weighted by Gasteiger charge is -2.34. The number of para-hydroxylation sites is 1. The molecule has 8 nitrogen and oxygen atoms in total. The van der Waals surface area contributed by atoms with Crippen LogP contribution in [0.15, 0.2) is 42.5 Å².